The number of amides is 2. The number of carbonyl (C=O) groups excluding carboxylic acids is 2. The zero-order chi connectivity index (χ0) is 48.0. The molecule has 4 aliphatic heterocycles. The molecule has 70 heavy (non-hydrogen) atoms. The average Bonchev–Trinajstić information content (AvgIpc) is 3.99. The van der Waals surface area contributed by atoms with Crippen LogP contribution >= 0.6 is 0 Å². The van der Waals surface area contributed by atoms with E-state index in [0.717, 1.165) is 111 Å². The smallest absolute Gasteiger partial charge is 0.268 e. The van der Waals surface area contributed by atoms with E-state index in [0.29, 0.717) is 60.1 Å². The van der Waals surface area contributed by atoms with Crippen LogP contribution in [-0.4, -0.2) is 138 Å². The summed E-state index contributed by atoms with van der Waals surface area (Å²) >= 11 is 0. The zero-order valence-electron chi connectivity index (χ0n) is 41.3. The number of nitrogens with zero attached hydrogens (tertiary/aromatic N) is 12. The molecule has 12 rings (SSSR count). The van der Waals surface area contributed by atoms with Crippen LogP contribution in [-0.2, 0) is 11.1 Å². The molecule has 0 bridgehead atoms. The molecule has 4 fully saturated rings. The fraction of sp³-hybridized carbons (Fsp3) is 0.538. The van der Waals surface area contributed by atoms with Crippen LogP contribution in [0.4, 0.5) is 34.9 Å². The third-order valence-electron chi connectivity index (χ3n) is 16.0. The number of piperazine rings is 2. The Balaban J connectivity index is 0.000000152. The van der Waals surface area contributed by atoms with Crippen LogP contribution in [0.3, 0.4) is 0 Å². The van der Waals surface area contributed by atoms with Gasteiger partial charge in [-0.15, -0.1) is 0 Å². The first-order valence-corrected chi connectivity index (χ1v) is 25.8. The van der Waals surface area contributed by atoms with E-state index in [1.54, 1.807) is 0 Å². The fourth-order valence-corrected chi connectivity index (χ4v) is 12.0. The van der Waals surface area contributed by atoms with Gasteiger partial charge in [-0.1, -0.05) is 38.5 Å². The van der Waals surface area contributed by atoms with Gasteiger partial charge in [0.05, 0.1) is 34.8 Å². The number of anilines is 6. The van der Waals surface area contributed by atoms with Crippen molar-refractivity contribution in [3.63, 3.8) is 0 Å². The second-order valence-corrected chi connectivity index (χ2v) is 20.9. The van der Waals surface area contributed by atoms with Crippen LogP contribution in [0.5, 0.6) is 0 Å². The Morgan fingerprint density at radius 3 is 1.27 bits per heavy atom. The Kier molecular flexibility index (Phi) is 12.5. The molecule has 18 nitrogen and oxygen atoms in total. The van der Waals surface area contributed by atoms with Gasteiger partial charge in [0, 0.05) is 101 Å². The summed E-state index contributed by atoms with van der Waals surface area (Å²) in [5, 5.41) is 14.6. The lowest BCUT2D eigenvalue weighted by Crippen LogP contribution is -2.52. The number of pyridine rings is 2. The number of carbonyl (C=O) groups is 2. The predicted octanol–water partition coefficient (Wildman–Crippen LogP) is 7.01. The maximum Gasteiger partial charge on any atom is 0.268 e. The first-order valence-electron chi connectivity index (χ1n) is 25.8. The molecule has 6 aromatic rings. The van der Waals surface area contributed by atoms with E-state index in [4.69, 9.17) is 9.97 Å². The van der Waals surface area contributed by atoms with Crippen LogP contribution in [0.1, 0.15) is 113 Å². The maximum absolute atomic E-state index is 12.7. The molecule has 10 heterocycles. The highest BCUT2D eigenvalue weighted by molar-refractivity contribution is 6.00. The largest absolute Gasteiger partial charge is 0.368 e. The third-order valence-corrected chi connectivity index (χ3v) is 16.0. The number of hydrogen-bond donors (Lipinski definition) is 4. The van der Waals surface area contributed by atoms with Gasteiger partial charge < -0.3 is 40.2 Å². The standard InChI is InChI=1S/2C26H34N8O/c2*1-18(2)32-10-12-33(13-11-32)20-6-7-22(27-16-20)30-25-28-15-19-14-21-24(35)29-17-26(8-4-3-5-9-26)34(21)23(19)31-25/h2*6-7,14-16,18H,3-5,8-13,17H2,1-2H3,(H,29,35)(H,27,28,30,31). The molecule has 18 heteroatoms. The van der Waals surface area contributed by atoms with Gasteiger partial charge in [-0.2, -0.15) is 9.97 Å². The molecule has 6 aliphatic rings. The highest BCUT2D eigenvalue weighted by Gasteiger charge is 2.43. The van der Waals surface area contributed by atoms with E-state index < -0.39 is 0 Å². The van der Waals surface area contributed by atoms with Crippen LogP contribution in [0.25, 0.3) is 22.1 Å². The monoisotopic (exact) mass is 949 g/mol. The summed E-state index contributed by atoms with van der Waals surface area (Å²) in [6.07, 6.45) is 18.9. The van der Waals surface area contributed by atoms with Gasteiger partial charge in [0.15, 0.2) is 0 Å². The second kappa shape index (κ2) is 19.1. The number of rotatable bonds is 8. The van der Waals surface area contributed by atoms with E-state index in [2.05, 4.69) is 110 Å². The van der Waals surface area contributed by atoms with Crippen molar-refractivity contribution in [2.24, 2.45) is 0 Å². The van der Waals surface area contributed by atoms with E-state index >= 15 is 0 Å². The molecule has 368 valence electrons. The van der Waals surface area contributed by atoms with Crippen LogP contribution < -0.4 is 31.1 Å². The molecule has 0 radical (unpaired) electrons. The minimum Gasteiger partial charge on any atom is -0.368 e. The van der Waals surface area contributed by atoms with Crippen molar-refractivity contribution in [1.82, 2.24) is 59.5 Å². The summed E-state index contributed by atoms with van der Waals surface area (Å²) in [4.78, 5) is 63.2. The Hall–Kier alpha value is -6.40. The summed E-state index contributed by atoms with van der Waals surface area (Å²) in [5.74, 6) is 2.37. The number of hydrogen-bond acceptors (Lipinski definition) is 14. The van der Waals surface area contributed by atoms with Crippen LogP contribution in [0.15, 0.2) is 61.2 Å². The highest BCUT2D eigenvalue weighted by atomic mass is 16.2. The van der Waals surface area contributed by atoms with Crippen molar-refractivity contribution >= 4 is 68.8 Å². The summed E-state index contributed by atoms with van der Waals surface area (Å²) in [6.45, 7) is 18.7. The van der Waals surface area contributed by atoms with E-state index in [-0.39, 0.29) is 22.9 Å². The van der Waals surface area contributed by atoms with Crippen LogP contribution in [0.2, 0.25) is 0 Å². The molecule has 6 aromatic heterocycles. The lowest BCUT2D eigenvalue weighted by molar-refractivity contribution is 0.0828. The van der Waals surface area contributed by atoms with Crippen molar-refractivity contribution in [2.75, 3.05) is 85.9 Å². The zero-order valence-corrected chi connectivity index (χ0v) is 41.3. The predicted molar refractivity (Wildman–Crippen MR) is 275 cm³/mol. The van der Waals surface area contributed by atoms with Crippen LogP contribution in [0, 0.1) is 0 Å². The number of aromatic nitrogens is 8. The Morgan fingerprint density at radius 1 is 0.514 bits per heavy atom. The molecule has 2 amide bonds. The Labute approximate surface area is 410 Å². The van der Waals surface area contributed by atoms with Crippen molar-refractivity contribution in [3.8, 4) is 0 Å². The maximum atomic E-state index is 12.7. The molecule has 2 aliphatic carbocycles. The molecule has 4 N–H and O–H groups in total. The Bertz CT molecular complexity index is 2630. The minimum absolute atomic E-state index is 0.0276. The second-order valence-electron chi connectivity index (χ2n) is 20.9. The molecule has 2 saturated carbocycles. The molecular formula is C52H68N16O2. The summed E-state index contributed by atoms with van der Waals surface area (Å²) in [5.41, 5.74) is 5.15. The van der Waals surface area contributed by atoms with Gasteiger partial charge in [-0.3, -0.25) is 19.4 Å². The fourth-order valence-electron chi connectivity index (χ4n) is 12.0. The van der Waals surface area contributed by atoms with Crippen molar-refractivity contribution in [2.45, 2.75) is 115 Å². The molecule has 0 aromatic carbocycles. The first kappa shape index (κ1) is 46.0. The van der Waals surface area contributed by atoms with Gasteiger partial charge in [0.1, 0.15) is 34.3 Å². The SMILES string of the molecule is CC(C)N1CCN(c2ccc(Nc3ncc4cc5n(c4n3)C3(CCCCC3)CNC5=O)nc2)CC1.CC(C)N1CCN(c2ccc(Nc3ncc4cc5n(c4n3)C3(CCCCC3)CNC5=O)nc2)CC1. The molecule has 0 unspecified atom stereocenters. The number of fused-ring (bicyclic) bond motifs is 8. The van der Waals surface area contributed by atoms with Crippen molar-refractivity contribution < 1.29 is 9.59 Å². The van der Waals surface area contributed by atoms with E-state index in [1.165, 1.54) is 38.5 Å². The van der Waals surface area contributed by atoms with Gasteiger partial charge in [-0.05, 0) is 89.8 Å². The molecule has 2 saturated heterocycles. The van der Waals surface area contributed by atoms with Gasteiger partial charge in [-0.25, -0.2) is 19.9 Å². The third kappa shape index (κ3) is 8.88. The number of nitrogens with one attached hydrogen (secondary N) is 4. The average molecular weight is 949 g/mol. The van der Waals surface area contributed by atoms with E-state index in [9.17, 15) is 9.59 Å². The van der Waals surface area contributed by atoms with Crippen molar-refractivity contribution in [3.05, 3.63) is 72.6 Å². The topological polar surface area (TPSA) is 182 Å². The van der Waals surface area contributed by atoms with Gasteiger partial charge in [0.25, 0.3) is 11.8 Å². The van der Waals surface area contributed by atoms with Gasteiger partial charge >= 0.3 is 0 Å². The summed E-state index contributed by atoms with van der Waals surface area (Å²) < 4.78 is 4.39. The lowest BCUT2D eigenvalue weighted by atomic mass is 9.80. The highest BCUT2D eigenvalue weighted by Crippen LogP contribution is 2.42. The quantitative estimate of drug-likeness (QED) is 0.122. The lowest BCUT2D eigenvalue weighted by Gasteiger charge is -2.42. The minimum atomic E-state index is -0.0889. The summed E-state index contributed by atoms with van der Waals surface area (Å²) in [7, 11) is 0. The molecule has 0 atom stereocenters. The van der Waals surface area contributed by atoms with E-state index in [1.807, 2.05) is 49.1 Å². The normalized spacial score (nSPS) is 20.3. The summed E-state index contributed by atoms with van der Waals surface area (Å²) in [6, 6.07) is 13.2. The first-order chi connectivity index (χ1) is 34.0. The Morgan fingerprint density at radius 2 is 0.914 bits per heavy atom. The van der Waals surface area contributed by atoms with Gasteiger partial charge in [0.2, 0.25) is 11.9 Å². The molecular weight excluding hydrogens is 881 g/mol. The van der Waals surface area contributed by atoms with Crippen molar-refractivity contribution in [1.29, 1.82) is 0 Å². The molecule has 2 spiro atoms.